The molecule has 17 heavy (non-hydrogen) atoms. The second-order valence-electron chi connectivity index (χ2n) is 4.43. The van der Waals surface area contributed by atoms with Crippen LogP contribution in [0, 0.1) is 0 Å². The Kier molecular flexibility index (Phi) is 3.38. The molecular formula is C14H18O3. The van der Waals surface area contributed by atoms with Gasteiger partial charge in [0.25, 0.3) is 0 Å². The van der Waals surface area contributed by atoms with Gasteiger partial charge in [-0.05, 0) is 26.0 Å². The third kappa shape index (κ3) is 2.61. The van der Waals surface area contributed by atoms with E-state index < -0.39 is 6.10 Å². The summed E-state index contributed by atoms with van der Waals surface area (Å²) in [6.07, 6.45) is 4.27. The molecule has 3 nitrogen and oxygen atoms in total. The first-order valence-electron chi connectivity index (χ1n) is 5.84. The van der Waals surface area contributed by atoms with Crippen molar-refractivity contribution in [3.8, 4) is 11.5 Å². The Morgan fingerprint density at radius 2 is 2.29 bits per heavy atom. The summed E-state index contributed by atoms with van der Waals surface area (Å²) in [6, 6.07) is 3.98. The van der Waals surface area contributed by atoms with Crippen LogP contribution in [0.15, 0.2) is 18.2 Å². The van der Waals surface area contributed by atoms with Crippen LogP contribution in [0.2, 0.25) is 0 Å². The normalized spacial score (nSPS) is 20.1. The minimum Gasteiger partial charge on any atom is -0.496 e. The van der Waals surface area contributed by atoms with E-state index in [1.54, 1.807) is 20.1 Å². The first-order chi connectivity index (χ1) is 8.10. The van der Waals surface area contributed by atoms with Crippen LogP contribution in [0.5, 0.6) is 11.5 Å². The Morgan fingerprint density at radius 3 is 2.94 bits per heavy atom. The fourth-order valence-corrected chi connectivity index (χ4v) is 2.01. The fraction of sp³-hybridized carbons (Fsp3) is 0.429. The zero-order chi connectivity index (χ0) is 12.4. The lowest BCUT2D eigenvalue weighted by Crippen LogP contribution is -2.05. The minimum atomic E-state index is -0.465. The molecule has 0 fully saturated rings. The van der Waals surface area contributed by atoms with Crippen molar-refractivity contribution in [2.24, 2.45) is 0 Å². The van der Waals surface area contributed by atoms with Crippen LogP contribution in [0.3, 0.4) is 0 Å². The highest BCUT2D eigenvalue weighted by atomic mass is 16.5. The van der Waals surface area contributed by atoms with Gasteiger partial charge in [0.2, 0.25) is 0 Å². The molecule has 2 atom stereocenters. The third-order valence-corrected chi connectivity index (χ3v) is 2.80. The van der Waals surface area contributed by atoms with E-state index in [0.29, 0.717) is 0 Å². The van der Waals surface area contributed by atoms with Crippen LogP contribution >= 0.6 is 0 Å². The highest BCUT2D eigenvalue weighted by Gasteiger charge is 2.20. The van der Waals surface area contributed by atoms with Crippen molar-refractivity contribution in [2.75, 3.05) is 7.11 Å². The van der Waals surface area contributed by atoms with Crippen molar-refractivity contribution in [3.05, 3.63) is 29.3 Å². The molecule has 92 valence electrons. The highest BCUT2D eigenvalue weighted by Crippen LogP contribution is 2.35. The van der Waals surface area contributed by atoms with E-state index in [4.69, 9.17) is 9.47 Å². The Bertz CT molecular complexity index is 435. The maximum atomic E-state index is 9.25. The largest absolute Gasteiger partial charge is 0.496 e. The summed E-state index contributed by atoms with van der Waals surface area (Å²) in [6.45, 7) is 3.77. The average Bonchev–Trinajstić information content (AvgIpc) is 2.63. The van der Waals surface area contributed by atoms with E-state index in [1.807, 2.05) is 18.2 Å². The van der Waals surface area contributed by atoms with Gasteiger partial charge in [-0.3, -0.25) is 0 Å². The SMILES string of the molecule is COc1cc2c(cc1/C=C/C(C)O)OC(C)C2. The summed E-state index contributed by atoms with van der Waals surface area (Å²) < 4.78 is 11.1. The van der Waals surface area contributed by atoms with Gasteiger partial charge < -0.3 is 14.6 Å². The summed E-state index contributed by atoms with van der Waals surface area (Å²) >= 11 is 0. The second-order valence-corrected chi connectivity index (χ2v) is 4.43. The van der Waals surface area contributed by atoms with Gasteiger partial charge in [-0.15, -0.1) is 0 Å². The molecule has 0 aromatic heterocycles. The second kappa shape index (κ2) is 4.80. The molecule has 2 rings (SSSR count). The van der Waals surface area contributed by atoms with E-state index in [-0.39, 0.29) is 6.10 Å². The number of aliphatic hydroxyl groups is 1. The fourth-order valence-electron chi connectivity index (χ4n) is 2.01. The van der Waals surface area contributed by atoms with Crippen LogP contribution in [0.1, 0.15) is 25.0 Å². The van der Waals surface area contributed by atoms with Gasteiger partial charge in [0.15, 0.2) is 0 Å². The van der Waals surface area contributed by atoms with E-state index in [1.165, 1.54) is 5.56 Å². The van der Waals surface area contributed by atoms with Crippen LogP contribution in [-0.4, -0.2) is 24.4 Å². The molecule has 2 unspecified atom stereocenters. The lowest BCUT2D eigenvalue weighted by molar-refractivity contribution is 0.245. The molecule has 1 aliphatic heterocycles. The topological polar surface area (TPSA) is 38.7 Å². The average molecular weight is 234 g/mol. The predicted molar refractivity (Wildman–Crippen MR) is 67.5 cm³/mol. The smallest absolute Gasteiger partial charge is 0.126 e. The number of ether oxygens (including phenoxy) is 2. The van der Waals surface area contributed by atoms with Gasteiger partial charge in [-0.1, -0.05) is 12.2 Å². The summed E-state index contributed by atoms with van der Waals surface area (Å²) in [4.78, 5) is 0. The molecule has 0 saturated carbocycles. The Hall–Kier alpha value is -1.48. The number of methoxy groups -OCH3 is 1. The molecule has 1 N–H and O–H groups in total. The number of fused-ring (bicyclic) bond motifs is 1. The Balaban J connectivity index is 2.36. The molecule has 1 aliphatic rings. The molecule has 0 amide bonds. The lowest BCUT2D eigenvalue weighted by atomic mass is 10.1. The van der Waals surface area contributed by atoms with E-state index in [0.717, 1.165) is 23.5 Å². The minimum absolute atomic E-state index is 0.228. The molecular weight excluding hydrogens is 216 g/mol. The maximum absolute atomic E-state index is 9.25. The first kappa shape index (κ1) is 12.0. The number of benzene rings is 1. The van der Waals surface area contributed by atoms with Crippen molar-refractivity contribution < 1.29 is 14.6 Å². The van der Waals surface area contributed by atoms with Gasteiger partial charge in [-0.2, -0.15) is 0 Å². The van der Waals surface area contributed by atoms with Gasteiger partial charge >= 0.3 is 0 Å². The zero-order valence-corrected chi connectivity index (χ0v) is 10.4. The number of rotatable bonds is 3. The summed E-state index contributed by atoms with van der Waals surface area (Å²) in [5.74, 6) is 1.74. The van der Waals surface area contributed by atoms with Gasteiger partial charge in [0.1, 0.15) is 17.6 Å². The van der Waals surface area contributed by atoms with E-state index in [2.05, 4.69) is 6.92 Å². The molecule has 1 aromatic rings. The monoisotopic (exact) mass is 234 g/mol. The van der Waals surface area contributed by atoms with Gasteiger partial charge in [0, 0.05) is 17.5 Å². The Labute approximate surface area is 102 Å². The lowest BCUT2D eigenvalue weighted by Gasteiger charge is -2.08. The zero-order valence-electron chi connectivity index (χ0n) is 10.4. The van der Waals surface area contributed by atoms with Crippen LogP contribution in [0.4, 0.5) is 0 Å². The quantitative estimate of drug-likeness (QED) is 0.873. The van der Waals surface area contributed by atoms with Crippen molar-refractivity contribution in [3.63, 3.8) is 0 Å². The first-order valence-corrected chi connectivity index (χ1v) is 5.84. The molecule has 0 spiro atoms. The standard InChI is InChI=1S/C14H18O3/c1-9(15)4-5-11-7-14-12(6-10(2)17-14)8-13(11)16-3/h4-5,7-10,15H,6H2,1-3H3/b5-4+. The summed E-state index contributed by atoms with van der Waals surface area (Å²) in [5, 5.41) is 9.25. The van der Waals surface area contributed by atoms with Crippen LogP contribution < -0.4 is 9.47 Å². The highest BCUT2D eigenvalue weighted by molar-refractivity contribution is 5.62. The van der Waals surface area contributed by atoms with Crippen molar-refractivity contribution in [2.45, 2.75) is 32.5 Å². The number of hydrogen-bond acceptors (Lipinski definition) is 3. The molecule has 0 aliphatic carbocycles. The van der Waals surface area contributed by atoms with Gasteiger partial charge in [-0.25, -0.2) is 0 Å². The van der Waals surface area contributed by atoms with Gasteiger partial charge in [0.05, 0.1) is 13.2 Å². The van der Waals surface area contributed by atoms with Crippen molar-refractivity contribution in [1.82, 2.24) is 0 Å². The van der Waals surface area contributed by atoms with Crippen molar-refractivity contribution >= 4 is 6.08 Å². The maximum Gasteiger partial charge on any atom is 0.126 e. The van der Waals surface area contributed by atoms with E-state index in [9.17, 15) is 5.11 Å². The van der Waals surface area contributed by atoms with Crippen LogP contribution in [-0.2, 0) is 6.42 Å². The predicted octanol–water partition coefficient (Wildman–Crippen LogP) is 2.41. The number of hydrogen-bond donors (Lipinski definition) is 1. The molecule has 1 heterocycles. The van der Waals surface area contributed by atoms with Crippen molar-refractivity contribution in [1.29, 1.82) is 0 Å². The third-order valence-electron chi connectivity index (χ3n) is 2.80. The summed E-state index contributed by atoms with van der Waals surface area (Å²) in [5.41, 5.74) is 2.12. The van der Waals surface area contributed by atoms with E-state index >= 15 is 0 Å². The molecule has 0 saturated heterocycles. The molecule has 3 heteroatoms. The van der Waals surface area contributed by atoms with Crippen LogP contribution in [0.25, 0.3) is 6.08 Å². The molecule has 1 aromatic carbocycles. The molecule has 0 bridgehead atoms. The number of aliphatic hydroxyl groups excluding tert-OH is 1. The molecule has 0 radical (unpaired) electrons. The summed E-state index contributed by atoms with van der Waals surface area (Å²) in [7, 11) is 1.65. The Morgan fingerprint density at radius 1 is 1.53 bits per heavy atom.